The van der Waals surface area contributed by atoms with E-state index < -0.39 is 0 Å². The number of nitrogens with one attached hydrogen (secondary N) is 1. The molecular weight excluding hydrogens is 548 g/mol. The Kier molecular flexibility index (Phi) is 8.12. The summed E-state index contributed by atoms with van der Waals surface area (Å²) in [5, 5.41) is 3.37. The van der Waals surface area contributed by atoms with E-state index in [0.717, 1.165) is 21.5 Å². The number of carbonyl (C=O) groups is 1. The molecule has 3 aromatic rings. The van der Waals surface area contributed by atoms with Crippen molar-refractivity contribution in [3.8, 4) is 11.5 Å². The van der Waals surface area contributed by atoms with Gasteiger partial charge < -0.3 is 14.8 Å². The Morgan fingerprint density at radius 1 is 1.13 bits per heavy atom. The van der Waals surface area contributed by atoms with E-state index in [9.17, 15) is 4.79 Å². The van der Waals surface area contributed by atoms with Crippen LogP contribution >= 0.6 is 43.5 Å². The van der Waals surface area contributed by atoms with Gasteiger partial charge in [-0.25, -0.2) is 0 Å². The molecule has 0 saturated carbocycles. The van der Waals surface area contributed by atoms with Gasteiger partial charge in [-0.2, -0.15) is 0 Å². The lowest BCUT2D eigenvalue weighted by atomic mass is 10.2. The molecule has 1 N–H and O–H groups in total. The number of benzene rings is 3. The lowest BCUT2D eigenvalue weighted by molar-refractivity contribution is -0.118. The number of amides is 1. The first-order valence-corrected chi connectivity index (χ1v) is 11.2. The molecule has 0 unspecified atom stereocenters. The fraction of sp³-hybridized carbons (Fsp3) is 0.130. The molecule has 3 rings (SSSR count). The van der Waals surface area contributed by atoms with Gasteiger partial charge >= 0.3 is 0 Å². The second-order valence-corrected chi connectivity index (χ2v) is 8.74. The van der Waals surface area contributed by atoms with Crippen LogP contribution < -0.4 is 14.8 Å². The van der Waals surface area contributed by atoms with Crippen LogP contribution in [0.1, 0.15) is 11.1 Å². The molecule has 0 bridgehead atoms. The predicted molar refractivity (Wildman–Crippen MR) is 132 cm³/mol. The normalized spacial score (nSPS) is 10.9. The highest BCUT2D eigenvalue weighted by Gasteiger charge is 2.12. The molecule has 0 spiro atoms. The second-order valence-electron chi connectivity index (χ2n) is 6.56. The summed E-state index contributed by atoms with van der Waals surface area (Å²) < 4.78 is 12.5. The third kappa shape index (κ3) is 6.56. The van der Waals surface area contributed by atoms with Crippen LogP contribution in [-0.2, 0) is 4.79 Å². The molecule has 0 aliphatic carbocycles. The van der Waals surface area contributed by atoms with Gasteiger partial charge in [0.05, 0.1) is 17.3 Å². The molecule has 1 amide bonds. The van der Waals surface area contributed by atoms with E-state index in [1.807, 2.05) is 49.4 Å². The van der Waals surface area contributed by atoms with Gasteiger partial charge in [0, 0.05) is 27.0 Å². The molecular formula is C23H19Br2ClN2O3. The molecule has 0 heterocycles. The van der Waals surface area contributed by atoms with Crippen molar-refractivity contribution in [2.45, 2.75) is 6.92 Å². The highest BCUT2D eigenvalue weighted by atomic mass is 79.9. The monoisotopic (exact) mass is 564 g/mol. The van der Waals surface area contributed by atoms with E-state index in [0.29, 0.717) is 26.5 Å². The Bertz CT molecular complexity index is 1120. The number of rotatable bonds is 7. The number of hydrogen-bond acceptors (Lipinski definition) is 4. The van der Waals surface area contributed by atoms with Crippen molar-refractivity contribution in [2.24, 2.45) is 4.99 Å². The lowest BCUT2D eigenvalue weighted by Gasteiger charge is -2.12. The maximum absolute atomic E-state index is 12.4. The van der Waals surface area contributed by atoms with Crippen molar-refractivity contribution in [2.75, 3.05) is 19.0 Å². The number of hydrogen-bond donors (Lipinski definition) is 1. The second kappa shape index (κ2) is 10.8. The number of methoxy groups -OCH3 is 1. The van der Waals surface area contributed by atoms with Crippen molar-refractivity contribution in [1.29, 1.82) is 0 Å². The van der Waals surface area contributed by atoms with Gasteiger partial charge in [0.15, 0.2) is 6.61 Å². The number of halogens is 3. The van der Waals surface area contributed by atoms with Gasteiger partial charge in [0.1, 0.15) is 11.5 Å². The maximum Gasteiger partial charge on any atom is 0.262 e. The summed E-state index contributed by atoms with van der Waals surface area (Å²) in [7, 11) is 1.62. The van der Waals surface area contributed by atoms with Crippen molar-refractivity contribution >= 4 is 67.0 Å². The quantitative estimate of drug-likeness (QED) is 0.315. The van der Waals surface area contributed by atoms with Gasteiger partial charge in [-0.1, -0.05) is 33.6 Å². The minimum Gasteiger partial charge on any atom is -0.497 e. The summed E-state index contributed by atoms with van der Waals surface area (Å²) in [6, 6.07) is 16.4. The molecule has 0 radical (unpaired) electrons. The van der Waals surface area contributed by atoms with E-state index in [1.165, 1.54) is 0 Å². The number of aliphatic imine (C=N–C) groups is 1. The first-order valence-electron chi connectivity index (χ1n) is 9.21. The third-order valence-corrected chi connectivity index (χ3v) is 5.72. The number of aryl methyl sites for hydroxylation is 1. The molecule has 8 heteroatoms. The van der Waals surface area contributed by atoms with Crippen LogP contribution in [0, 0.1) is 6.92 Å². The molecule has 0 aromatic heterocycles. The Balaban J connectivity index is 1.73. The average Bonchev–Trinajstić information content (AvgIpc) is 2.74. The van der Waals surface area contributed by atoms with Crippen LogP contribution in [-0.4, -0.2) is 25.8 Å². The zero-order chi connectivity index (χ0) is 22.4. The molecule has 0 saturated heterocycles. The molecule has 31 heavy (non-hydrogen) atoms. The lowest BCUT2D eigenvalue weighted by Crippen LogP contribution is -2.20. The Morgan fingerprint density at radius 2 is 1.87 bits per heavy atom. The molecule has 160 valence electrons. The van der Waals surface area contributed by atoms with Crippen LogP contribution in [0.4, 0.5) is 11.4 Å². The van der Waals surface area contributed by atoms with E-state index in [1.54, 1.807) is 25.5 Å². The summed E-state index contributed by atoms with van der Waals surface area (Å²) in [4.78, 5) is 16.9. The van der Waals surface area contributed by atoms with Crippen molar-refractivity contribution in [1.82, 2.24) is 0 Å². The van der Waals surface area contributed by atoms with E-state index in [-0.39, 0.29) is 12.5 Å². The SMILES string of the molecule is COc1ccc(N=Cc2cc(Br)cc(Br)c2OCC(=O)Nc2ccc(C)c(Cl)c2)cc1. The van der Waals surface area contributed by atoms with Crippen molar-refractivity contribution in [3.63, 3.8) is 0 Å². The van der Waals surface area contributed by atoms with Crippen LogP contribution in [0.2, 0.25) is 5.02 Å². The molecule has 5 nitrogen and oxygen atoms in total. The van der Waals surface area contributed by atoms with Gasteiger partial charge in [-0.05, 0) is 76.9 Å². The largest absolute Gasteiger partial charge is 0.497 e. The summed E-state index contributed by atoms with van der Waals surface area (Å²) >= 11 is 13.1. The predicted octanol–water partition coefficient (Wildman–Crippen LogP) is 6.95. The zero-order valence-corrected chi connectivity index (χ0v) is 20.7. The minimum atomic E-state index is -0.298. The van der Waals surface area contributed by atoms with Crippen LogP contribution in [0.25, 0.3) is 0 Å². The van der Waals surface area contributed by atoms with E-state index >= 15 is 0 Å². The highest BCUT2D eigenvalue weighted by molar-refractivity contribution is 9.11. The molecule has 0 aliphatic rings. The van der Waals surface area contributed by atoms with Crippen LogP contribution in [0.5, 0.6) is 11.5 Å². The van der Waals surface area contributed by atoms with Crippen molar-refractivity contribution < 1.29 is 14.3 Å². The highest BCUT2D eigenvalue weighted by Crippen LogP contribution is 2.32. The van der Waals surface area contributed by atoms with Gasteiger partial charge in [-0.3, -0.25) is 9.79 Å². The summed E-state index contributed by atoms with van der Waals surface area (Å²) in [5.74, 6) is 0.972. The molecule has 0 atom stereocenters. The fourth-order valence-corrected chi connectivity index (χ4v) is 4.20. The molecule has 0 fully saturated rings. The molecule has 3 aromatic carbocycles. The first kappa shape index (κ1) is 23.3. The van der Waals surface area contributed by atoms with E-state index in [4.69, 9.17) is 21.1 Å². The Hall–Kier alpha value is -2.35. The first-order chi connectivity index (χ1) is 14.9. The van der Waals surface area contributed by atoms with Crippen molar-refractivity contribution in [3.05, 3.63) is 79.7 Å². The Morgan fingerprint density at radius 3 is 2.55 bits per heavy atom. The number of ether oxygens (including phenoxy) is 2. The topological polar surface area (TPSA) is 59.9 Å². The number of carbonyl (C=O) groups excluding carboxylic acids is 1. The average molecular weight is 567 g/mol. The smallest absolute Gasteiger partial charge is 0.262 e. The summed E-state index contributed by atoms with van der Waals surface area (Å²) in [6.45, 7) is 1.73. The summed E-state index contributed by atoms with van der Waals surface area (Å²) in [5.41, 5.74) is 3.02. The van der Waals surface area contributed by atoms with Gasteiger partial charge in [0.25, 0.3) is 5.91 Å². The maximum atomic E-state index is 12.4. The number of anilines is 1. The standard InChI is InChI=1S/C23H19Br2ClN2O3/c1-14-3-4-18(11-21(14)26)28-22(29)13-31-23-15(9-16(24)10-20(23)25)12-27-17-5-7-19(30-2)8-6-17/h3-12H,13H2,1-2H3,(H,28,29). The third-order valence-electron chi connectivity index (χ3n) is 4.27. The fourth-order valence-electron chi connectivity index (χ4n) is 2.65. The van der Waals surface area contributed by atoms with Gasteiger partial charge in [-0.15, -0.1) is 0 Å². The van der Waals surface area contributed by atoms with Gasteiger partial charge in [0.2, 0.25) is 0 Å². The van der Waals surface area contributed by atoms with Crippen LogP contribution in [0.3, 0.4) is 0 Å². The molecule has 0 aliphatic heterocycles. The minimum absolute atomic E-state index is 0.172. The zero-order valence-electron chi connectivity index (χ0n) is 16.8. The summed E-state index contributed by atoms with van der Waals surface area (Å²) in [6.07, 6.45) is 1.68. The Labute approximate surface area is 202 Å². The number of nitrogens with zero attached hydrogens (tertiary/aromatic N) is 1. The van der Waals surface area contributed by atoms with E-state index in [2.05, 4.69) is 42.2 Å². The van der Waals surface area contributed by atoms with Crippen LogP contribution in [0.15, 0.2) is 68.5 Å².